The van der Waals surface area contributed by atoms with Crippen molar-refractivity contribution in [2.45, 2.75) is 13.5 Å². The third-order valence-electron chi connectivity index (χ3n) is 4.08. The summed E-state index contributed by atoms with van der Waals surface area (Å²) >= 11 is 6.03. The van der Waals surface area contributed by atoms with Gasteiger partial charge in [0, 0.05) is 37.1 Å². The molecule has 0 unspecified atom stereocenters. The van der Waals surface area contributed by atoms with E-state index >= 15 is 0 Å². The first-order valence-corrected chi connectivity index (χ1v) is 8.99. The van der Waals surface area contributed by atoms with Gasteiger partial charge in [0.2, 0.25) is 0 Å². The number of nitro benzene ring substituents is 1. The molecular weight excluding hydrogens is 382 g/mol. The van der Waals surface area contributed by atoms with E-state index in [1.807, 2.05) is 30.5 Å². The highest BCUT2D eigenvalue weighted by Gasteiger charge is 2.09. The summed E-state index contributed by atoms with van der Waals surface area (Å²) in [5, 5.41) is 26.9. The molecule has 0 bridgehead atoms. The molecule has 9 nitrogen and oxygen atoms in total. The lowest BCUT2D eigenvalue weighted by atomic mass is 10.2. The number of non-ortho nitro benzene ring substituents is 1. The van der Waals surface area contributed by atoms with Crippen LogP contribution < -0.4 is 4.90 Å². The maximum Gasteiger partial charge on any atom is 0.271 e. The fraction of sp³-hybridized carbons (Fsp3) is 0.222. The lowest BCUT2D eigenvalue weighted by Crippen LogP contribution is -2.27. The van der Waals surface area contributed by atoms with Crippen molar-refractivity contribution in [2.24, 2.45) is 10.2 Å². The van der Waals surface area contributed by atoms with E-state index in [-0.39, 0.29) is 10.7 Å². The molecule has 0 radical (unpaired) electrons. The molecule has 0 aliphatic heterocycles. The summed E-state index contributed by atoms with van der Waals surface area (Å²) < 4.78 is 1.79. The minimum atomic E-state index is -0.506. The summed E-state index contributed by atoms with van der Waals surface area (Å²) in [6.07, 6.45) is 3.49. The van der Waals surface area contributed by atoms with E-state index in [9.17, 15) is 10.1 Å². The Labute approximate surface area is 166 Å². The Bertz CT molecular complexity index is 959. The van der Waals surface area contributed by atoms with Crippen molar-refractivity contribution in [3.05, 3.63) is 70.0 Å². The van der Waals surface area contributed by atoms with E-state index in [0.717, 1.165) is 25.3 Å². The van der Waals surface area contributed by atoms with Gasteiger partial charge in [0.1, 0.15) is 5.69 Å². The average molecular weight is 400 g/mol. The standard InChI is InChI=1S/C18H18ClN7O2/c1-2-24(11-12-25-10-9-20-23-25)15-5-3-14(4-6-15)21-22-18-8-7-16(26(27)28)13-17(18)19/h3-10,13H,2,11-12H2,1H3. The second-order valence-electron chi connectivity index (χ2n) is 5.86. The number of halogens is 1. The van der Waals surface area contributed by atoms with Gasteiger partial charge in [-0.15, -0.1) is 10.2 Å². The number of hydrogen-bond acceptors (Lipinski definition) is 7. The Morgan fingerprint density at radius 1 is 1.21 bits per heavy atom. The summed E-state index contributed by atoms with van der Waals surface area (Å²) in [4.78, 5) is 12.5. The molecule has 2 aromatic carbocycles. The largest absolute Gasteiger partial charge is 0.370 e. The van der Waals surface area contributed by atoms with Crippen LogP contribution >= 0.6 is 11.6 Å². The topological polar surface area (TPSA) is 102 Å². The number of nitrogens with zero attached hydrogens (tertiary/aromatic N) is 7. The van der Waals surface area contributed by atoms with Crippen molar-refractivity contribution >= 4 is 34.4 Å². The van der Waals surface area contributed by atoms with Gasteiger partial charge in [0.15, 0.2) is 0 Å². The number of aromatic nitrogens is 3. The molecule has 28 heavy (non-hydrogen) atoms. The SMILES string of the molecule is CCN(CCn1ccnn1)c1ccc(N=Nc2ccc([N+](=O)[O-])cc2Cl)cc1. The van der Waals surface area contributed by atoms with Gasteiger partial charge >= 0.3 is 0 Å². The van der Waals surface area contributed by atoms with Crippen molar-refractivity contribution in [3.8, 4) is 0 Å². The molecule has 0 amide bonds. The first kappa shape index (κ1) is 19.4. The summed E-state index contributed by atoms with van der Waals surface area (Å²) in [5.74, 6) is 0. The second kappa shape index (κ2) is 9.05. The highest BCUT2D eigenvalue weighted by atomic mass is 35.5. The first-order valence-electron chi connectivity index (χ1n) is 8.61. The van der Waals surface area contributed by atoms with E-state index < -0.39 is 4.92 Å². The van der Waals surface area contributed by atoms with Gasteiger partial charge in [-0.2, -0.15) is 5.11 Å². The molecule has 0 saturated carbocycles. The van der Waals surface area contributed by atoms with E-state index in [4.69, 9.17) is 11.6 Å². The van der Waals surface area contributed by atoms with Gasteiger partial charge in [-0.1, -0.05) is 16.8 Å². The molecule has 0 N–H and O–H groups in total. The molecular formula is C18H18ClN7O2. The average Bonchev–Trinajstić information content (AvgIpc) is 3.22. The predicted octanol–water partition coefficient (Wildman–Crippen LogP) is 4.78. The highest BCUT2D eigenvalue weighted by Crippen LogP contribution is 2.30. The van der Waals surface area contributed by atoms with Crippen molar-refractivity contribution in [1.29, 1.82) is 0 Å². The molecule has 0 aliphatic carbocycles. The molecule has 1 aromatic heterocycles. The Morgan fingerprint density at radius 2 is 2.00 bits per heavy atom. The quantitative estimate of drug-likeness (QED) is 0.308. The zero-order valence-electron chi connectivity index (χ0n) is 15.1. The minimum Gasteiger partial charge on any atom is -0.370 e. The Hall–Kier alpha value is -3.33. The molecule has 3 rings (SSSR count). The highest BCUT2D eigenvalue weighted by molar-refractivity contribution is 6.33. The second-order valence-corrected chi connectivity index (χ2v) is 6.26. The zero-order chi connectivity index (χ0) is 19.9. The third-order valence-corrected chi connectivity index (χ3v) is 4.39. The first-order chi connectivity index (χ1) is 13.6. The summed E-state index contributed by atoms with van der Waals surface area (Å²) in [6, 6.07) is 11.7. The van der Waals surface area contributed by atoms with E-state index in [1.165, 1.54) is 18.2 Å². The Morgan fingerprint density at radius 3 is 2.61 bits per heavy atom. The third kappa shape index (κ3) is 4.89. The van der Waals surface area contributed by atoms with Crippen molar-refractivity contribution in [3.63, 3.8) is 0 Å². The summed E-state index contributed by atoms with van der Waals surface area (Å²) in [6.45, 7) is 4.49. The molecule has 10 heteroatoms. The lowest BCUT2D eigenvalue weighted by Gasteiger charge is -2.22. The number of hydrogen-bond donors (Lipinski definition) is 0. The number of nitro groups is 1. The van der Waals surface area contributed by atoms with Gasteiger partial charge in [-0.25, -0.2) is 0 Å². The Kier molecular flexibility index (Phi) is 6.28. The fourth-order valence-electron chi connectivity index (χ4n) is 2.58. The van der Waals surface area contributed by atoms with E-state index in [1.54, 1.807) is 10.9 Å². The molecule has 144 valence electrons. The van der Waals surface area contributed by atoms with Crippen LogP contribution in [-0.2, 0) is 6.54 Å². The van der Waals surface area contributed by atoms with Crippen LogP contribution in [0.3, 0.4) is 0 Å². The minimum absolute atomic E-state index is 0.0844. The number of likely N-dealkylation sites (N-methyl/N-ethyl adjacent to an activating group) is 1. The molecule has 0 atom stereocenters. The van der Waals surface area contributed by atoms with Gasteiger partial charge < -0.3 is 4.90 Å². The summed E-state index contributed by atoms with van der Waals surface area (Å²) in [5.41, 5.74) is 2.01. The van der Waals surface area contributed by atoms with Crippen LogP contribution in [0, 0.1) is 10.1 Å². The predicted molar refractivity (Wildman–Crippen MR) is 107 cm³/mol. The molecule has 0 fully saturated rings. The van der Waals surface area contributed by atoms with Crippen molar-refractivity contribution in [2.75, 3.05) is 18.0 Å². The number of anilines is 1. The smallest absolute Gasteiger partial charge is 0.271 e. The van der Waals surface area contributed by atoms with Gasteiger partial charge in [-0.3, -0.25) is 14.8 Å². The fourth-order valence-corrected chi connectivity index (χ4v) is 2.79. The molecule has 1 heterocycles. The molecule has 0 saturated heterocycles. The molecule has 3 aromatic rings. The monoisotopic (exact) mass is 399 g/mol. The Balaban J connectivity index is 1.66. The van der Waals surface area contributed by atoms with Crippen LogP contribution in [0.5, 0.6) is 0 Å². The van der Waals surface area contributed by atoms with Crippen molar-refractivity contribution in [1.82, 2.24) is 15.0 Å². The van der Waals surface area contributed by atoms with Crippen molar-refractivity contribution < 1.29 is 4.92 Å². The van der Waals surface area contributed by atoms with Crippen LogP contribution in [0.25, 0.3) is 0 Å². The van der Waals surface area contributed by atoms with Crippen LogP contribution in [0.1, 0.15) is 6.92 Å². The van der Waals surface area contributed by atoms with Gasteiger partial charge in [-0.05, 0) is 37.3 Å². The van der Waals surface area contributed by atoms with E-state index in [2.05, 4.69) is 32.4 Å². The van der Waals surface area contributed by atoms with E-state index in [0.29, 0.717) is 11.4 Å². The van der Waals surface area contributed by atoms with Crippen LogP contribution in [0.4, 0.5) is 22.7 Å². The van der Waals surface area contributed by atoms with Crippen LogP contribution in [0.15, 0.2) is 65.1 Å². The summed E-state index contributed by atoms with van der Waals surface area (Å²) in [7, 11) is 0. The number of benzene rings is 2. The maximum absolute atomic E-state index is 10.7. The number of rotatable bonds is 8. The van der Waals surface area contributed by atoms with Gasteiger partial charge in [0.25, 0.3) is 5.69 Å². The zero-order valence-corrected chi connectivity index (χ0v) is 15.9. The van der Waals surface area contributed by atoms with Gasteiger partial charge in [0.05, 0.1) is 28.4 Å². The number of azo groups is 1. The normalized spacial score (nSPS) is 11.1. The maximum atomic E-state index is 10.7. The van der Waals surface area contributed by atoms with Crippen LogP contribution in [-0.4, -0.2) is 33.0 Å². The lowest BCUT2D eigenvalue weighted by molar-refractivity contribution is -0.384. The molecule has 0 aliphatic rings. The van der Waals surface area contributed by atoms with Crippen LogP contribution in [0.2, 0.25) is 5.02 Å². The molecule has 0 spiro atoms.